The van der Waals surface area contributed by atoms with Crippen molar-refractivity contribution >= 4 is 5.65 Å². The van der Waals surface area contributed by atoms with Crippen LogP contribution >= 0.6 is 0 Å². The highest BCUT2D eigenvalue weighted by atomic mass is 16.5. The van der Waals surface area contributed by atoms with Crippen LogP contribution in [0.5, 0.6) is 5.75 Å². The van der Waals surface area contributed by atoms with Gasteiger partial charge in [0.25, 0.3) is 5.56 Å². The molecule has 1 aliphatic rings. The van der Waals surface area contributed by atoms with Crippen LogP contribution < -0.4 is 15.6 Å². The normalized spacial score (nSPS) is 15.7. The lowest BCUT2D eigenvalue weighted by Gasteiger charge is -2.23. The lowest BCUT2D eigenvalue weighted by atomic mass is 9.94. The summed E-state index contributed by atoms with van der Waals surface area (Å²) < 4.78 is 7.09. The molecule has 0 unspecified atom stereocenters. The summed E-state index contributed by atoms with van der Waals surface area (Å²) in [6.45, 7) is 1.96. The Kier molecular flexibility index (Phi) is 3.82. The van der Waals surface area contributed by atoms with Crippen LogP contribution in [-0.4, -0.2) is 34.8 Å². The molecule has 0 spiro atoms. The Hall–Kier alpha value is -2.60. The van der Waals surface area contributed by atoms with Gasteiger partial charge in [-0.3, -0.25) is 4.79 Å². The molecule has 1 saturated heterocycles. The van der Waals surface area contributed by atoms with Crippen LogP contribution in [0.2, 0.25) is 0 Å². The summed E-state index contributed by atoms with van der Waals surface area (Å²) in [4.78, 5) is 15.1. The molecule has 4 rings (SSSR count). The number of piperidine rings is 1. The number of rotatable bonds is 3. The number of nitrogens with one attached hydrogen (secondary N) is 2. The van der Waals surface area contributed by atoms with Crippen molar-refractivity contribution in [1.29, 1.82) is 0 Å². The Morgan fingerprint density at radius 1 is 1.21 bits per heavy atom. The van der Waals surface area contributed by atoms with Crippen LogP contribution in [0.15, 0.2) is 41.3 Å². The second kappa shape index (κ2) is 6.13. The zero-order chi connectivity index (χ0) is 16.5. The summed E-state index contributed by atoms with van der Waals surface area (Å²) in [5.41, 5.74) is 3.59. The van der Waals surface area contributed by atoms with Gasteiger partial charge in [-0.1, -0.05) is 12.1 Å². The minimum Gasteiger partial charge on any atom is -0.497 e. The number of hydrogen-bond acceptors (Lipinski definition) is 4. The molecule has 1 aromatic carbocycles. The molecule has 24 heavy (non-hydrogen) atoms. The largest absolute Gasteiger partial charge is 0.497 e. The summed E-state index contributed by atoms with van der Waals surface area (Å²) in [5.74, 6) is 1.17. The van der Waals surface area contributed by atoms with Crippen LogP contribution in [0, 0.1) is 0 Å². The molecule has 124 valence electrons. The van der Waals surface area contributed by atoms with Crippen LogP contribution in [0.1, 0.15) is 24.5 Å². The minimum atomic E-state index is -0.0775. The Bertz CT molecular complexity index is 905. The molecule has 1 fully saturated rings. The van der Waals surface area contributed by atoms with E-state index in [1.807, 2.05) is 35.0 Å². The Labute approximate surface area is 139 Å². The van der Waals surface area contributed by atoms with Gasteiger partial charge in [-0.05, 0) is 43.6 Å². The fourth-order valence-corrected chi connectivity index (χ4v) is 3.40. The first kappa shape index (κ1) is 15.0. The first-order valence-corrected chi connectivity index (χ1v) is 8.22. The molecule has 3 heterocycles. The van der Waals surface area contributed by atoms with Gasteiger partial charge in [0.05, 0.1) is 19.0 Å². The molecule has 2 aromatic heterocycles. The van der Waals surface area contributed by atoms with E-state index < -0.39 is 0 Å². The van der Waals surface area contributed by atoms with Crippen LogP contribution in [0.3, 0.4) is 0 Å². The molecular weight excluding hydrogens is 304 g/mol. The molecule has 6 nitrogen and oxygen atoms in total. The van der Waals surface area contributed by atoms with Gasteiger partial charge in [0.1, 0.15) is 11.4 Å². The monoisotopic (exact) mass is 324 g/mol. The zero-order valence-corrected chi connectivity index (χ0v) is 13.6. The van der Waals surface area contributed by atoms with Gasteiger partial charge in [-0.25, -0.2) is 4.52 Å². The Morgan fingerprint density at radius 3 is 2.67 bits per heavy atom. The number of H-pyrrole nitrogens is 1. The second-order valence-electron chi connectivity index (χ2n) is 6.13. The van der Waals surface area contributed by atoms with Gasteiger partial charge in [0.2, 0.25) is 0 Å². The van der Waals surface area contributed by atoms with Gasteiger partial charge in [0, 0.05) is 17.5 Å². The van der Waals surface area contributed by atoms with E-state index in [2.05, 4.69) is 15.4 Å². The molecule has 0 radical (unpaired) electrons. The fraction of sp³-hybridized carbons (Fsp3) is 0.333. The third-order valence-electron chi connectivity index (χ3n) is 4.69. The number of ether oxygens (including phenoxy) is 1. The highest BCUT2D eigenvalue weighted by molar-refractivity contribution is 5.77. The van der Waals surface area contributed by atoms with Gasteiger partial charge in [0.15, 0.2) is 0 Å². The van der Waals surface area contributed by atoms with Crippen molar-refractivity contribution in [3.63, 3.8) is 0 Å². The summed E-state index contributed by atoms with van der Waals surface area (Å²) in [6.07, 6.45) is 3.87. The van der Waals surface area contributed by atoms with E-state index in [0.29, 0.717) is 5.92 Å². The summed E-state index contributed by atoms with van der Waals surface area (Å²) >= 11 is 0. The van der Waals surface area contributed by atoms with Crippen molar-refractivity contribution < 1.29 is 4.74 Å². The van der Waals surface area contributed by atoms with E-state index in [1.165, 1.54) is 0 Å². The minimum absolute atomic E-state index is 0.0775. The topological polar surface area (TPSA) is 71.4 Å². The van der Waals surface area contributed by atoms with E-state index in [0.717, 1.165) is 54.1 Å². The van der Waals surface area contributed by atoms with E-state index in [9.17, 15) is 4.79 Å². The van der Waals surface area contributed by atoms with Crippen molar-refractivity contribution in [3.05, 3.63) is 52.6 Å². The molecule has 6 heteroatoms. The fourth-order valence-electron chi connectivity index (χ4n) is 3.40. The van der Waals surface area contributed by atoms with E-state index in [-0.39, 0.29) is 5.56 Å². The maximum atomic E-state index is 12.2. The average molecular weight is 324 g/mol. The average Bonchev–Trinajstić information content (AvgIpc) is 3.05. The molecule has 0 aliphatic carbocycles. The van der Waals surface area contributed by atoms with Crippen LogP contribution in [0.4, 0.5) is 0 Å². The third kappa shape index (κ3) is 2.59. The summed E-state index contributed by atoms with van der Waals surface area (Å²) in [7, 11) is 1.65. The molecular formula is C18H20N4O2. The molecule has 0 saturated carbocycles. The quantitative estimate of drug-likeness (QED) is 0.774. The summed E-state index contributed by atoms with van der Waals surface area (Å²) in [5, 5.41) is 7.91. The first-order valence-electron chi connectivity index (χ1n) is 8.22. The molecule has 0 bridgehead atoms. The maximum absolute atomic E-state index is 12.2. The number of aromatic amines is 1. The second-order valence-corrected chi connectivity index (χ2v) is 6.13. The van der Waals surface area contributed by atoms with E-state index in [4.69, 9.17) is 4.74 Å². The summed E-state index contributed by atoms with van der Waals surface area (Å²) in [6, 6.07) is 9.46. The molecule has 2 N–H and O–H groups in total. The molecule has 0 atom stereocenters. The number of methoxy groups -OCH3 is 1. The number of fused-ring (bicyclic) bond motifs is 1. The number of benzene rings is 1. The van der Waals surface area contributed by atoms with Crippen molar-refractivity contribution in [2.45, 2.75) is 18.8 Å². The number of nitrogens with zero attached hydrogens (tertiary/aromatic N) is 2. The highest BCUT2D eigenvalue weighted by Crippen LogP contribution is 2.29. The lowest BCUT2D eigenvalue weighted by molar-refractivity contribution is 0.415. The van der Waals surface area contributed by atoms with Crippen molar-refractivity contribution in [3.8, 4) is 16.9 Å². The Balaban J connectivity index is 1.83. The van der Waals surface area contributed by atoms with Crippen molar-refractivity contribution in [2.24, 2.45) is 0 Å². The highest BCUT2D eigenvalue weighted by Gasteiger charge is 2.20. The lowest BCUT2D eigenvalue weighted by Crippen LogP contribution is -2.28. The van der Waals surface area contributed by atoms with Crippen LogP contribution in [0.25, 0.3) is 16.8 Å². The van der Waals surface area contributed by atoms with E-state index >= 15 is 0 Å². The molecule has 3 aromatic rings. The maximum Gasteiger partial charge on any atom is 0.251 e. The van der Waals surface area contributed by atoms with Gasteiger partial charge in [-0.15, -0.1) is 0 Å². The zero-order valence-electron chi connectivity index (χ0n) is 13.6. The Morgan fingerprint density at radius 2 is 1.96 bits per heavy atom. The smallest absolute Gasteiger partial charge is 0.251 e. The predicted molar refractivity (Wildman–Crippen MR) is 92.6 cm³/mol. The SMILES string of the molecule is COc1ccc(-c2cnn3c(C4CCNCC4)cc(=O)[nH]c23)cc1. The standard InChI is InChI=1S/C18H20N4O2/c1-24-14-4-2-12(3-5-14)15-11-20-22-16(10-17(23)21-18(15)22)13-6-8-19-9-7-13/h2-5,10-11,13,19H,6-9H2,1H3,(H,21,23). The predicted octanol–water partition coefficient (Wildman–Crippen LogP) is 2.17. The van der Waals surface area contributed by atoms with Crippen LogP contribution in [-0.2, 0) is 0 Å². The van der Waals surface area contributed by atoms with E-state index in [1.54, 1.807) is 13.2 Å². The van der Waals surface area contributed by atoms with Crippen molar-refractivity contribution in [2.75, 3.05) is 20.2 Å². The van der Waals surface area contributed by atoms with Crippen molar-refractivity contribution in [1.82, 2.24) is 19.9 Å². The van der Waals surface area contributed by atoms with Gasteiger partial charge >= 0.3 is 0 Å². The first-order chi connectivity index (χ1) is 11.8. The number of aromatic nitrogens is 3. The van der Waals surface area contributed by atoms with Gasteiger partial charge < -0.3 is 15.0 Å². The molecule has 1 aliphatic heterocycles. The molecule has 0 amide bonds. The number of hydrogen-bond donors (Lipinski definition) is 2. The van der Waals surface area contributed by atoms with Gasteiger partial charge in [-0.2, -0.15) is 5.10 Å². The third-order valence-corrected chi connectivity index (χ3v) is 4.69.